The van der Waals surface area contributed by atoms with E-state index >= 15 is 0 Å². The lowest BCUT2D eigenvalue weighted by atomic mass is 10.1. The molecule has 28 heavy (non-hydrogen) atoms. The van der Waals surface area contributed by atoms with Crippen LogP contribution >= 0.6 is 23.2 Å². The van der Waals surface area contributed by atoms with Gasteiger partial charge >= 0.3 is 0 Å². The Morgan fingerprint density at radius 3 is 2.11 bits per heavy atom. The predicted molar refractivity (Wildman–Crippen MR) is 111 cm³/mol. The molecule has 0 radical (unpaired) electrons. The zero-order chi connectivity index (χ0) is 19.7. The second-order valence-electron chi connectivity index (χ2n) is 8.11. The number of benzene rings is 1. The van der Waals surface area contributed by atoms with Crippen LogP contribution < -0.4 is 0 Å². The van der Waals surface area contributed by atoms with Gasteiger partial charge in [-0.1, -0.05) is 36.0 Å². The standard InChI is InChI=1S/C21H27Cl2N3O2/c22-16-12-15(13-17(23)14-16)20(27)26-7-3-6-19(26)21(28)25-10-8-24(9-11-25)18-4-1-2-5-18/h12-14,18-19H,1-11H2. The van der Waals surface area contributed by atoms with E-state index in [2.05, 4.69) is 4.90 Å². The van der Waals surface area contributed by atoms with Crippen LogP contribution in [0.4, 0.5) is 0 Å². The molecule has 152 valence electrons. The van der Waals surface area contributed by atoms with Crippen LogP contribution in [-0.4, -0.2) is 71.3 Å². The van der Waals surface area contributed by atoms with Gasteiger partial charge in [-0.05, 0) is 43.9 Å². The van der Waals surface area contributed by atoms with Crippen molar-refractivity contribution in [3.63, 3.8) is 0 Å². The molecule has 2 saturated heterocycles. The summed E-state index contributed by atoms with van der Waals surface area (Å²) >= 11 is 12.1. The van der Waals surface area contributed by atoms with Gasteiger partial charge in [0.25, 0.3) is 5.91 Å². The van der Waals surface area contributed by atoms with Crippen molar-refractivity contribution in [2.45, 2.75) is 50.6 Å². The molecule has 1 aliphatic carbocycles. The molecular weight excluding hydrogens is 397 g/mol. The number of amides is 2. The Morgan fingerprint density at radius 1 is 0.821 bits per heavy atom. The molecular formula is C21H27Cl2N3O2. The zero-order valence-electron chi connectivity index (χ0n) is 16.1. The normalized spacial score (nSPS) is 24.1. The number of hydrogen-bond acceptors (Lipinski definition) is 3. The van der Waals surface area contributed by atoms with Crippen molar-refractivity contribution in [2.24, 2.45) is 0 Å². The monoisotopic (exact) mass is 423 g/mol. The van der Waals surface area contributed by atoms with E-state index in [-0.39, 0.29) is 17.9 Å². The fourth-order valence-electron chi connectivity index (χ4n) is 4.90. The maximum Gasteiger partial charge on any atom is 0.254 e. The second kappa shape index (κ2) is 8.60. The van der Waals surface area contributed by atoms with E-state index in [0.29, 0.717) is 28.2 Å². The van der Waals surface area contributed by atoms with Crippen molar-refractivity contribution in [1.82, 2.24) is 14.7 Å². The van der Waals surface area contributed by atoms with E-state index in [1.54, 1.807) is 23.1 Å². The Bertz CT molecular complexity index is 723. The number of nitrogens with zero attached hydrogens (tertiary/aromatic N) is 3. The van der Waals surface area contributed by atoms with Crippen LogP contribution in [-0.2, 0) is 4.79 Å². The van der Waals surface area contributed by atoms with Crippen molar-refractivity contribution in [3.8, 4) is 0 Å². The van der Waals surface area contributed by atoms with Crippen molar-refractivity contribution in [3.05, 3.63) is 33.8 Å². The van der Waals surface area contributed by atoms with Gasteiger partial charge in [-0.2, -0.15) is 0 Å². The van der Waals surface area contributed by atoms with Crippen LogP contribution in [0.1, 0.15) is 48.9 Å². The Balaban J connectivity index is 1.40. The molecule has 2 heterocycles. The molecule has 0 bridgehead atoms. The minimum Gasteiger partial charge on any atom is -0.338 e. The predicted octanol–water partition coefficient (Wildman–Crippen LogP) is 3.68. The molecule has 0 aromatic heterocycles. The van der Waals surface area contributed by atoms with Crippen LogP contribution in [0.25, 0.3) is 0 Å². The first kappa shape index (κ1) is 20.0. The molecule has 1 aromatic rings. The zero-order valence-corrected chi connectivity index (χ0v) is 17.6. The maximum atomic E-state index is 13.2. The molecule has 1 atom stereocenters. The molecule has 4 rings (SSSR count). The summed E-state index contributed by atoms with van der Waals surface area (Å²) in [6.45, 7) is 4.01. The molecule has 1 unspecified atom stereocenters. The molecule has 0 spiro atoms. The van der Waals surface area contributed by atoms with Gasteiger partial charge in [0.2, 0.25) is 5.91 Å². The summed E-state index contributed by atoms with van der Waals surface area (Å²) in [5.41, 5.74) is 0.447. The van der Waals surface area contributed by atoms with E-state index in [1.807, 2.05) is 4.90 Å². The van der Waals surface area contributed by atoms with Crippen molar-refractivity contribution >= 4 is 35.0 Å². The first-order valence-electron chi connectivity index (χ1n) is 10.3. The number of piperazine rings is 1. The van der Waals surface area contributed by atoms with Gasteiger partial charge in [-0.15, -0.1) is 0 Å². The summed E-state index contributed by atoms with van der Waals surface area (Å²) in [4.78, 5) is 32.4. The number of rotatable bonds is 3. The molecule has 0 N–H and O–H groups in total. The summed E-state index contributed by atoms with van der Waals surface area (Å²) < 4.78 is 0. The summed E-state index contributed by atoms with van der Waals surface area (Å²) in [5.74, 6) is -0.0742. The highest BCUT2D eigenvalue weighted by atomic mass is 35.5. The Kier molecular flexibility index (Phi) is 6.14. The van der Waals surface area contributed by atoms with Crippen molar-refractivity contribution in [1.29, 1.82) is 0 Å². The third kappa shape index (κ3) is 4.17. The van der Waals surface area contributed by atoms with E-state index in [4.69, 9.17) is 23.2 Å². The third-order valence-corrected chi connectivity index (χ3v) is 6.81. The van der Waals surface area contributed by atoms with Gasteiger partial charge in [0.1, 0.15) is 6.04 Å². The van der Waals surface area contributed by atoms with Crippen LogP contribution in [0, 0.1) is 0 Å². The van der Waals surface area contributed by atoms with Crippen molar-refractivity contribution in [2.75, 3.05) is 32.7 Å². The fourth-order valence-corrected chi connectivity index (χ4v) is 5.42. The number of likely N-dealkylation sites (tertiary alicyclic amines) is 1. The van der Waals surface area contributed by atoms with Gasteiger partial charge in [-0.25, -0.2) is 0 Å². The molecule has 2 aliphatic heterocycles. The average Bonchev–Trinajstić information content (AvgIpc) is 3.38. The molecule has 7 heteroatoms. The quantitative estimate of drug-likeness (QED) is 0.744. The van der Waals surface area contributed by atoms with Crippen molar-refractivity contribution < 1.29 is 9.59 Å². The second-order valence-corrected chi connectivity index (χ2v) is 8.99. The van der Waals surface area contributed by atoms with Gasteiger partial charge < -0.3 is 9.80 Å². The van der Waals surface area contributed by atoms with Crippen LogP contribution in [0.3, 0.4) is 0 Å². The number of carbonyl (C=O) groups is 2. The Labute approximate surface area is 176 Å². The number of carbonyl (C=O) groups excluding carboxylic acids is 2. The molecule has 3 fully saturated rings. The molecule has 1 aromatic carbocycles. The highest BCUT2D eigenvalue weighted by Crippen LogP contribution is 2.27. The average molecular weight is 424 g/mol. The summed E-state index contributed by atoms with van der Waals surface area (Å²) in [6, 6.07) is 5.18. The lowest BCUT2D eigenvalue weighted by molar-refractivity contribution is -0.137. The molecule has 2 amide bonds. The molecule has 1 saturated carbocycles. The van der Waals surface area contributed by atoms with Gasteiger partial charge in [0.15, 0.2) is 0 Å². The number of halogens is 2. The van der Waals surface area contributed by atoms with Crippen LogP contribution in [0.2, 0.25) is 10.0 Å². The van der Waals surface area contributed by atoms with Crippen LogP contribution in [0.15, 0.2) is 18.2 Å². The Morgan fingerprint density at radius 2 is 1.46 bits per heavy atom. The highest BCUT2D eigenvalue weighted by Gasteiger charge is 2.38. The first-order valence-corrected chi connectivity index (χ1v) is 11.1. The van der Waals surface area contributed by atoms with E-state index in [0.717, 1.165) is 39.0 Å². The smallest absolute Gasteiger partial charge is 0.254 e. The molecule has 5 nitrogen and oxygen atoms in total. The van der Waals surface area contributed by atoms with Gasteiger partial charge in [0.05, 0.1) is 0 Å². The summed E-state index contributed by atoms with van der Waals surface area (Å²) in [6.07, 6.45) is 6.81. The number of hydrogen-bond donors (Lipinski definition) is 0. The fraction of sp³-hybridized carbons (Fsp3) is 0.619. The topological polar surface area (TPSA) is 43.9 Å². The highest BCUT2D eigenvalue weighted by molar-refractivity contribution is 6.35. The SMILES string of the molecule is O=C(C1CCCN1C(=O)c1cc(Cl)cc(Cl)c1)N1CCN(C2CCCC2)CC1. The summed E-state index contributed by atoms with van der Waals surface area (Å²) in [5, 5.41) is 0.863. The van der Waals surface area contributed by atoms with Gasteiger partial charge in [-0.3, -0.25) is 14.5 Å². The van der Waals surface area contributed by atoms with E-state index in [1.165, 1.54) is 25.7 Å². The minimum absolute atomic E-state index is 0.0880. The third-order valence-electron chi connectivity index (χ3n) is 6.38. The van der Waals surface area contributed by atoms with E-state index in [9.17, 15) is 9.59 Å². The first-order chi connectivity index (χ1) is 13.5. The largest absolute Gasteiger partial charge is 0.338 e. The Hall–Kier alpha value is -1.30. The molecule has 3 aliphatic rings. The van der Waals surface area contributed by atoms with Crippen LogP contribution in [0.5, 0.6) is 0 Å². The summed E-state index contributed by atoms with van der Waals surface area (Å²) in [7, 11) is 0. The lowest BCUT2D eigenvalue weighted by Gasteiger charge is -2.39. The lowest BCUT2D eigenvalue weighted by Crippen LogP contribution is -2.55. The van der Waals surface area contributed by atoms with E-state index < -0.39 is 0 Å². The minimum atomic E-state index is -0.372. The maximum absolute atomic E-state index is 13.2. The van der Waals surface area contributed by atoms with Gasteiger partial charge in [0, 0.05) is 54.4 Å².